The Morgan fingerprint density at radius 3 is 2.52 bits per heavy atom. The van der Waals surface area contributed by atoms with Gasteiger partial charge >= 0.3 is 15.5 Å². The minimum atomic E-state index is -5.65. The van der Waals surface area contributed by atoms with Crippen molar-refractivity contribution in [3.8, 4) is 0 Å². The minimum Gasteiger partial charge on any atom is -0.351 e. The summed E-state index contributed by atoms with van der Waals surface area (Å²) in [5, 5.41) is 0.223. The average Bonchev–Trinajstić information content (AvgIpc) is 2.83. The normalized spacial score (nSPS) is 17.0. The number of nitrogens with one attached hydrogen (secondary N) is 1. The van der Waals surface area contributed by atoms with Crippen LogP contribution in [0, 0.1) is 6.92 Å². The minimum absolute atomic E-state index is 0. The second-order valence-electron chi connectivity index (χ2n) is 7.50. The highest BCUT2D eigenvalue weighted by Crippen LogP contribution is 2.51. The quantitative estimate of drug-likeness (QED) is 0.427. The standard InChI is InChI=1S/C20H20F3N3O4S2.ClH/c1-13-6-7-16-15(10-13)17(25-32(29,30)20(21,22)23)11-19(24-16)26-8-9-31(27,28)18-5-3-2-4-14(18)12-26;/h2-7,10-11,27-28H,8-9,12H2,1H3,(H,24,25);1H. The van der Waals surface area contributed by atoms with Gasteiger partial charge in [-0.05, 0) is 30.7 Å². The molecule has 0 aliphatic carbocycles. The number of hydrogen-bond donors (Lipinski definition) is 3. The van der Waals surface area contributed by atoms with Crippen LogP contribution in [0.15, 0.2) is 53.4 Å². The van der Waals surface area contributed by atoms with E-state index in [9.17, 15) is 30.7 Å². The van der Waals surface area contributed by atoms with E-state index >= 15 is 0 Å². The van der Waals surface area contributed by atoms with Gasteiger partial charge in [-0.2, -0.15) is 32.2 Å². The Labute approximate surface area is 196 Å². The summed E-state index contributed by atoms with van der Waals surface area (Å²) < 4.78 is 85.4. The van der Waals surface area contributed by atoms with E-state index in [1.165, 1.54) is 6.07 Å². The molecule has 0 spiro atoms. The topological polar surface area (TPSA) is 103 Å². The Morgan fingerprint density at radius 1 is 1.12 bits per heavy atom. The molecule has 180 valence electrons. The van der Waals surface area contributed by atoms with Gasteiger partial charge in [0.25, 0.3) is 0 Å². The molecule has 0 atom stereocenters. The van der Waals surface area contributed by atoms with Crippen LogP contribution in [-0.2, 0) is 16.6 Å². The molecule has 4 rings (SSSR count). The molecule has 0 fully saturated rings. The van der Waals surface area contributed by atoms with E-state index < -0.39 is 26.1 Å². The number of anilines is 2. The first kappa shape index (κ1) is 25.4. The van der Waals surface area contributed by atoms with Crippen molar-refractivity contribution in [1.29, 1.82) is 0 Å². The number of benzene rings is 2. The van der Waals surface area contributed by atoms with Gasteiger partial charge in [0.05, 0.1) is 21.9 Å². The highest BCUT2D eigenvalue weighted by molar-refractivity contribution is 8.24. The maximum atomic E-state index is 13.0. The highest BCUT2D eigenvalue weighted by atomic mass is 35.5. The predicted octanol–water partition coefficient (Wildman–Crippen LogP) is 5.36. The molecule has 0 radical (unpaired) electrons. The van der Waals surface area contributed by atoms with E-state index in [1.54, 1.807) is 59.0 Å². The number of halogens is 4. The van der Waals surface area contributed by atoms with Crippen LogP contribution < -0.4 is 9.62 Å². The second-order valence-corrected chi connectivity index (χ2v) is 11.4. The predicted molar refractivity (Wildman–Crippen MR) is 126 cm³/mol. The summed E-state index contributed by atoms with van der Waals surface area (Å²) in [6.45, 7) is 2.11. The zero-order chi connectivity index (χ0) is 23.3. The fourth-order valence-corrected chi connectivity index (χ4v) is 5.67. The molecule has 3 aromatic rings. The Hall–Kier alpha value is -2.25. The number of rotatable bonds is 3. The van der Waals surface area contributed by atoms with E-state index in [0.717, 1.165) is 5.56 Å². The molecule has 1 aliphatic heterocycles. The van der Waals surface area contributed by atoms with E-state index in [2.05, 4.69) is 4.98 Å². The van der Waals surface area contributed by atoms with Crippen LogP contribution in [0.4, 0.5) is 24.7 Å². The summed E-state index contributed by atoms with van der Waals surface area (Å²) >= 11 is 0. The molecule has 13 heteroatoms. The van der Waals surface area contributed by atoms with Crippen LogP contribution in [0.25, 0.3) is 10.9 Å². The molecule has 2 aromatic carbocycles. The number of aryl methyl sites for hydroxylation is 1. The lowest BCUT2D eigenvalue weighted by Gasteiger charge is -2.32. The van der Waals surface area contributed by atoms with Crippen LogP contribution in [-0.4, -0.2) is 40.3 Å². The van der Waals surface area contributed by atoms with Crippen molar-refractivity contribution >= 4 is 55.4 Å². The van der Waals surface area contributed by atoms with Gasteiger partial charge in [-0.15, -0.1) is 12.4 Å². The monoisotopic (exact) mass is 523 g/mol. The molecular weight excluding hydrogens is 503 g/mol. The maximum absolute atomic E-state index is 13.0. The number of alkyl halides is 3. The van der Waals surface area contributed by atoms with Gasteiger partial charge in [0.1, 0.15) is 5.82 Å². The largest absolute Gasteiger partial charge is 0.516 e. The smallest absolute Gasteiger partial charge is 0.351 e. The van der Waals surface area contributed by atoms with Crippen LogP contribution in [0.2, 0.25) is 0 Å². The van der Waals surface area contributed by atoms with E-state index in [-0.39, 0.29) is 48.1 Å². The highest BCUT2D eigenvalue weighted by Gasteiger charge is 2.46. The third-order valence-electron chi connectivity index (χ3n) is 5.16. The summed E-state index contributed by atoms with van der Waals surface area (Å²) in [6, 6.07) is 12.9. The van der Waals surface area contributed by atoms with Gasteiger partial charge in [0, 0.05) is 24.5 Å². The first-order valence-electron chi connectivity index (χ1n) is 9.47. The molecule has 0 unspecified atom stereocenters. The number of sulfonamides is 1. The lowest BCUT2D eigenvalue weighted by atomic mass is 10.1. The van der Waals surface area contributed by atoms with Crippen molar-refractivity contribution < 1.29 is 30.7 Å². The van der Waals surface area contributed by atoms with E-state index in [0.29, 0.717) is 16.0 Å². The molecule has 0 amide bonds. The number of fused-ring (bicyclic) bond motifs is 2. The molecule has 3 N–H and O–H groups in total. The number of pyridine rings is 1. The molecule has 2 heterocycles. The third kappa shape index (κ3) is 4.99. The van der Waals surface area contributed by atoms with Crippen LogP contribution in [0.1, 0.15) is 11.1 Å². The summed E-state index contributed by atoms with van der Waals surface area (Å²) in [4.78, 5) is 6.61. The number of aromatic nitrogens is 1. The van der Waals surface area contributed by atoms with Crippen molar-refractivity contribution in [2.45, 2.75) is 23.9 Å². The zero-order valence-electron chi connectivity index (χ0n) is 17.2. The van der Waals surface area contributed by atoms with Crippen LogP contribution in [0.3, 0.4) is 0 Å². The fourth-order valence-electron chi connectivity index (χ4n) is 3.56. The van der Waals surface area contributed by atoms with Gasteiger partial charge in [-0.3, -0.25) is 13.8 Å². The summed E-state index contributed by atoms with van der Waals surface area (Å²) in [5.41, 5.74) is -4.07. The van der Waals surface area contributed by atoms with Crippen LogP contribution in [0.5, 0.6) is 0 Å². The average molecular weight is 524 g/mol. The molecular formula is C20H21ClF3N3O4S2. The molecule has 0 bridgehead atoms. The third-order valence-corrected chi connectivity index (χ3v) is 8.11. The Kier molecular flexibility index (Phi) is 6.80. The maximum Gasteiger partial charge on any atom is 0.516 e. The molecule has 1 aromatic heterocycles. The van der Waals surface area contributed by atoms with Gasteiger partial charge in [0.2, 0.25) is 0 Å². The lowest BCUT2D eigenvalue weighted by molar-refractivity contribution is -0.0429. The summed E-state index contributed by atoms with van der Waals surface area (Å²) in [6.07, 6.45) is 0. The summed E-state index contributed by atoms with van der Waals surface area (Å²) in [5.74, 6) is 0.217. The Balaban J connectivity index is 0.00000306. The molecule has 33 heavy (non-hydrogen) atoms. The second kappa shape index (κ2) is 8.84. The Bertz CT molecular complexity index is 1300. The Morgan fingerprint density at radius 2 is 1.82 bits per heavy atom. The molecule has 0 saturated heterocycles. The molecule has 0 saturated carbocycles. The van der Waals surface area contributed by atoms with Gasteiger partial charge in [-0.1, -0.05) is 29.8 Å². The van der Waals surface area contributed by atoms with E-state index in [1.807, 2.05) is 0 Å². The van der Waals surface area contributed by atoms with Crippen molar-refractivity contribution in [1.82, 2.24) is 4.98 Å². The van der Waals surface area contributed by atoms with Crippen LogP contribution >= 0.6 is 23.0 Å². The van der Waals surface area contributed by atoms with Gasteiger partial charge < -0.3 is 4.90 Å². The molecule has 1 aliphatic rings. The van der Waals surface area contributed by atoms with Crippen molar-refractivity contribution in [3.63, 3.8) is 0 Å². The number of nitrogens with zero attached hydrogens (tertiary/aromatic N) is 2. The SMILES string of the molecule is Cc1ccc2nc(N3CCS(O)(O)c4ccccc4C3)cc(NS(=O)(=O)C(F)(F)F)c2c1.Cl. The van der Waals surface area contributed by atoms with Gasteiger partial charge in [-0.25, -0.2) is 4.98 Å². The first-order valence-corrected chi connectivity index (χ1v) is 12.7. The molecule has 7 nitrogen and oxygen atoms in total. The number of hydrogen-bond acceptors (Lipinski definition) is 6. The first-order chi connectivity index (χ1) is 14.9. The zero-order valence-corrected chi connectivity index (χ0v) is 19.7. The fraction of sp³-hybridized carbons (Fsp3) is 0.250. The van der Waals surface area contributed by atoms with Crippen molar-refractivity contribution in [3.05, 3.63) is 59.7 Å². The lowest BCUT2D eigenvalue weighted by Crippen LogP contribution is -2.30. The van der Waals surface area contributed by atoms with E-state index in [4.69, 9.17) is 0 Å². The van der Waals surface area contributed by atoms with Gasteiger partial charge in [0.15, 0.2) is 0 Å². The van der Waals surface area contributed by atoms with Crippen molar-refractivity contribution in [2.75, 3.05) is 21.9 Å². The van der Waals surface area contributed by atoms with Crippen molar-refractivity contribution in [2.24, 2.45) is 0 Å². The summed E-state index contributed by atoms with van der Waals surface area (Å²) in [7, 11) is -8.70.